The molecule has 0 aliphatic rings. The first-order chi connectivity index (χ1) is 13.3. The average molecular weight is 350 g/mol. The van der Waals surface area contributed by atoms with E-state index in [9.17, 15) is 0 Å². The first-order valence-corrected chi connectivity index (χ1v) is 9.14. The van der Waals surface area contributed by atoms with E-state index in [1.54, 1.807) is 7.11 Å². The highest BCUT2D eigenvalue weighted by molar-refractivity contribution is 6.08. The van der Waals surface area contributed by atoms with Gasteiger partial charge < -0.3 is 4.74 Å². The maximum atomic E-state index is 5.36. The maximum absolute atomic E-state index is 5.36. The molecule has 0 radical (unpaired) electrons. The Morgan fingerprint density at radius 3 is 1.93 bits per heavy atom. The molecule has 0 aliphatic carbocycles. The molecule has 0 atom stereocenters. The van der Waals surface area contributed by atoms with Crippen molar-refractivity contribution in [2.75, 3.05) is 7.11 Å². The second kappa shape index (κ2) is 6.10. The minimum absolute atomic E-state index is 0.887. The highest BCUT2D eigenvalue weighted by atomic mass is 16.5. The summed E-state index contributed by atoms with van der Waals surface area (Å²) in [7, 11) is 3.85. The minimum Gasteiger partial charge on any atom is -0.497 e. The van der Waals surface area contributed by atoms with Gasteiger partial charge in [0.2, 0.25) is 11.0 Å². The SMILES string of the molecule is COc1ccc2cc(-c3c4ccccc4[n+](C)c4ccccc34)ccc2c1. The van der Waals surface area contributed by atoms with Gasteiger partial charge >= 0.3 is 0 Å². The van der Waals surface area contributed by atoms with E-state index in [2.05, 4.69) is 90.5 Å². The Morgan fingerprint density at radius 2 is 1.26 bits per heavy atom. The summed E-state index contributed by atoms with van der Waals surface area (Å²) in [5, 5.41) is 4.95. The second-order valence-electron chi connectivity index (χ2n) is 6.90. The lowest BCUT2D eigenvalue weighted by Gasteiger charge is -2.11. The Labute approximate surface area is 158 Å². The molecule has 5 aromatic rings. The number of methoxy groups -OCH3 is 1. The number of para-hydroxylation sites is 2. The summed E-state index contributed by atoms with van der Waals surface area (Å²) < 4.78 is 7.64. The molecule has 0 spiro atoms. The lowest BCUT2D eigenvalue weighted by atomic mass is 9.94. The van der Waals surface area contributed by atoms with Crippen molar-refractivity contribution in [2.45, 2.75) is 0 Å². The van der Waals surface area contributed by atoms with Gasteiger partial charge in [-0.15, -0.1) is 0 Å². The zero-order valence-electron chi connectivity index (χ0n) is 15.4. The number of aromatic nitrogens is 1. The van der Waals surface area contributed by atoms with E-state index in [-0.39, 0.29) is 0 Å². The molecule has 2 heteroatoms. The fourth-order valence-electron chi connectivity index (χ4n) is 4.05. The predicted molar refractivity (Wildman–Crippen MR) is 112 cm³/mol. The molecule has 0 amide bonds. The summed E-state index contributed by atoms with van der Waals surface area (Å²) in [6.07, 6.45) is 0. The molecule has 0 fully saturated rings. The van der Waals surface area contributed by atoms with E-state index in [4.69, 9.17) is 4.74 Å². The normalized spacial score (nSPS) is 11.3. The standard InChI is InChI=1S/C25H20NO/c1-26-23-9-5-3-7-21(23)25(22-8-4-6-10-24(22)26)19-12-11-18-16-20(27-2)14-13-17(18)15-19/h3-16H,1-2H3/q+1. The first-order valence-electron chi connectivity index (χ1n) is 9.14. The van der Waals surface area contributed by atoms with Crippen molar-refractivity contribution in [2.24, 2.45) is 7.05 Å². The number of hydrogen-bond donors (Lipinski definition) is 0. The van der Waals surface area contributed by atoms with Gasteiger partial charge in [-0.1, -0.05) is 42.5 Å². The van der Waals surface area contributed by atoms with Gasteiger partial charge in [-0.2, -0.15) is 4.57 Å². The van der Waals surface area contributed by atoms with Crippen LogP contribution in [0.1, 0.15) is 0 Å². The number of nitrogens with zero attached hydrogens (tertiary/aromatic N) is 1. The number of fused-ring (bicyclic) bond motifs is 3. The van der Waals surface area contributed by atoms with Crippen molar-refractivity contribution in [3.8, 4) is 16.9 Å². The van der Waals surface area contributed by atoms with Gasteiger partial charge in [-0.25, -0.2) is 0 Å². The molecule has 27 heavy (non-hydrogen) atoms. The molecule has 0 saturated heterocycles. The molecular formula is C25H20NO+. The van der Waals surface area contributed by atoms with E-state index in [0.717, 1.165) is 5.75 Å². The Bertz CT molecular complexity index is 1260. The van der Waals surface area contributed by atoms with E-state index < -0.39 is 0 Å². The third-order valence-corrected chi connectivity index (χ3v) is 5.41. The van der Waals surface area contributed by atoms with E-state index >= 15 is 0 Å². The molecule has 4 aromatic carbocycles. The van der Waals surface area contributed by atoms with Crippen LogP contribution in [0, 0.1) is 0 Å². The van der Waals surface area contributed by atoms with Gasteiger partial charge in [0, 0.05) is 17.7 Å². The molecule has 0 unspecified atom stereocenters. The number of hydrogen-bond acceptors (Lipinski definition) is 1. The highest BCUT2D eigenvalue weighted by Crippen LogP contribution is 2.35. The third-order valence-electron chi connectivity index (χ3n) is 5.41. The van der Waals surface area contributed by atoms with Crippen LogP contribution in [0.3, 0.4) is 0 Å². The third kappa shape index (κ3) is 2.45. The summed E-state index contributed by atoms with van der Waals surface area (Å²) in [5.74, 6) is 0.887. The molecule has 1 heterocycles. The molecule has 2 nitrogen and oxygen atoms in total. The summed E-state index contributed by atoms with van der Waals surface area (Å²) in [6.45, 7) is 0. The average Bonchev–Trinajstić information content (AvgIpc) is 2.73. The predicted octanol–water partition coefficient (Wildman–Crippen LogP) is 5.65. The molecular weight excluding hydrogens is 330 g/mol. The second-order valence-corrected chi connectivity index (χ2v) is 6.90. The summed E-state index contributed by atoms with van der Waals surface area (Å²) in [4.78, 5) is 0. The van der Waals surface area contributed by atoms with Crippen molar-refractivity contribution in [3.05, 3.63) is 84.9 Å². The van der Waals surface area contributed by atoms with E-state index in [1.807, 2.05) is 6.07 Å². The molecule has 0 saturated carbocycles. The number of benzene rings is 4. The zero-order valence-corrected chi connectivity index (χ0v) is 15.4. The van der Waals surface area contributed by atoms with Gasteiger partial charge in [-0.3, -0.25) is 0 Å². The fourth-order valence-corrected chi connectivity index (χ4v) is 4.05. The van der Waals surface area contributed by atoms with Gasteiger partial charge in [-0.05, 0) is 46.7 Å². The summed E-state index contributed by atoms with van der Waals surface area (Å²) >= 11 is 0. The van der Waals surface area contributed by atoms with Crippen LogP contribution in [0.15, 0.2) is 84.9 Å². The van der Waals surface area contributed by atoms with Crippen LogP contribution in [-0.2, 0) is 7.05 Å². The van der Waals surface area contributed by atoms with Crippen LogP contribution < -0.4 is 9.30 Å². The van der Waals surface area contributed by atoms with Crippen molar-refractivity contribution in [1.29, 1.82) is 0 Å². The lowest BCUT2D eigenvalue weighted by Crippen LogP contribution is -2.30. The monoisotopic (exact) mass is 350 g/mol. The number of ether oxygens (including phenoxy) is 1. The summed E-state index contributed by atoms with van der Waals surface area (Å²) in [5.41, 5.74) is 5.00. The Balaban J connectivity index is 1.88. The van der Waals surface area contributed by atoms with Crippen LogP contribution >= 0.6 is 0 Å². The topological polar surface area (TPSA) is 13.1 Å². The molecule has 0 N–H and O–H groups in total. The van der Waals surface area contributed by atoms with Crippen molar-refractivity contribution >= 4 is 32.6 Å². The lowest BCUT2D eigenvalue weighted by molar-refractivity contribution is -0.617. The Hall–Kier alpha value is -3.39. The Morgan fingerprint density at radius 1 is 0.667 bits per heavy atom. The number of pyridine rings is 1. The smallest absolute Gasteiger partial charge is 0.213 e. The molecule has 5 rings (SSSR count). The molecule has 0 bridgehead atoms. The van der Waals surface area contributed by atoms with Crippen LogP contribution in [0.5, 0.6) is 5.75 Å². The maximum Gasteiger partial charge on any atom is 0.213 e. The van der Waals surface area contributed by atoms with Gasteiger partial charge in [0.05, 0.1) is 17.9 Å². The first kappa shape index (κ1) is 15.8. The molecule has 0 aliphatic heterocycles. The van der Waals surface area contributed by atoms with E-state index in [1.165, 1.54) is 43.7 Å². The zero-order chi connectivity index (χ0) is 18.4. The van der Waals surface area contributed by atoms with E-state index in [0.29, 0.717) is 0 Å². The van der Waals surface area contributed by atoms with Gasteiger partial charge in [0.15, 0.2) is 0 Å². The fraction of sp³-hybridized carbons (Fsp3) is 0.0800. The Kier molecular flexibility index (Phi) is 3.58. The van der Waals surface area contributed by atoms with Crippen LogP contribution in [-0.4, -0.2) is 7.11 Å². The van der Waals surface area contributed by atoms with Gasteiger partial charge in [0.1, 0.15) is 12.8 Å². The van der Waals surface area contributed by atoms with Crippen LogP contribution in [0.25, 0.3) is 43.7 Å². The largest absolute Gasteiger partial charge is 0.497 e. The quantitative estimate of drug-likeness (QED) is 0.296. The van der Waals surface area contributed by atoms with Gasteiger partial charge in [0.25, 0.3) is 0 Å². The minimum atomic E-state index is 0.887. The van der Waals surface area contributed by atoms with Crippen molar-refractivity contribution in [3.63, 3.8) is 0 Å². The number of aryl methyl sites for hydroxylation is 1. The molecule has 130 valence electrons. The number of rotatable bonds is 2. The highest BCUT2D eigenvalue weighted by Gasteiger charge is 2.18. The van der Waals surface area contributed by atoms with Crippen molar-refractivity contribution < 1.29 is 9.30 Å². The van der Waals surface area contributed by atoms with Crippen LogP contribution in [0.2, 0.25) is 0 Å². The van der Waals surface area contributed by atoms with Crippen LogP contribution in [0.4, 0.5) is 0 Å². The summed E-state index contributed by atoms with van der Waals surface area (Å²) in [6, 6.07) is 30.2. The van der Waals surface area contributed by atoms with Crippen molar-refractivity contribution in [1.82, 2.24) is 0 Å². The molecule has 1 aromatic heterocycles.